The van der Waals surface area contributed by atoms with Gasteiger partial charge in [0.25, 0.3) is 0 Å². The predicted molar refractivity (Wildman–Crippen MR) is 159 cm³/mol. The standard InChI is InChI=1S/C34H54O10/c1-29(2,43-41-27(37)25(35)39-23-19-21-13-17-33(23,9)31(21,5)6)15-11-12-16-30(3,4)44-42-28(38)26(36)40-24-20-22-14-18-34(24,10)32(22,7)8/h21-24H,11-20H2,1-10H3. The van der Waals surface area contributed by atoms with Gasteiger partial charge in [-0.25, -0.2) is 19.2 Å². The van der Waals surface area contributed by atoms with Gasteiger partial charge in [0.05, 0.1) is 0 Å². The molecule has 4 fully saturated rings. The molecule has 0 heterocycles. The van der Waals surface area contributed by atoms with Crippen molar-refractivity contribution in [1.29, 1.82) is 0 Å². The molecule has 44 heavy (non-hydrogen) atoms. The second-order valence-electron chi connectivity index (χ2n) is 16.6. The molecule has 4 aliphatic rings. The maximum Gasteiger partial charge on any atom is 0.449 e. The van der Waals surface area contributed by atoms with Crippen LogP contribution >= 0.6 is 0 Å². The smallest absolute Gasteiger partial charge is 0.449 e. The van der Waals surface area contributed by atoms with Crippen molar-refractivity contribution in [1.82, 2.24) is 0 Å². The molecule has 0 aromatic heterocycles. The average molecular weight is 623 g/mol. The zero-order valence-corrected chi connectivity index (χ0v) is 28.5. The molecule has 4 bridgehead atoms. The molecule has 10 nitrogen and oxygen atoms in total. The highest BCUT2D eigenvalue weighted by Gasteiger charge is 2.64. The van der Waals surface area contributed by atoms with Gasteiger partial charge in [-0.15, -0.1) is 0 Å². The summed E-state index contributed by atoms with van der Waals surface area (Å²) in [5, 5.41) is 0. The van der Waals surface area contributed by atoms with Gasteiger partial charge in [0.2, 0.25) is 0 Å². The molecule has 6 atom stereocenters. The fourth-order valence-corrected chi connectivity index (χ4v) is 8.53. The van der Waals surface area contributed by atoms with Gasteiger partial charge in [0, 0.05) is 10.8 Å². The molecule has 4 aliphatic carbocycles. The van der Waals surface area contributed by atoms with Gasteiger partial charge in [0.15, 0.2) is 0 Å². The lowest BCUT2D eigenvalue weighted by Gasteiger charge is -2.38. The zero-order chi connectivity index (χ0) is 32.9. The van der Waals surface area contributed by atoms with Gasteiger partial charge in [-0.05, 0) is 102 Å². The van der Waals surface area contributed by atoms with Crippen LogP contribution in [0.4, 0.5) is 0 Å². The van der Waals surface area contributed by atoms with Gasteiger partial charge in [0.1, 0.15) is 23.4 Å². The molecule has 0 saturated heterocycles. The second kappa shape index (κ2) is 11.9. The zero-order valence-electron chi connectivity index (χ0n) is 28.5. The highest BCUT2D eigenvalue weighted by atomic mass is 17.2. The van der Waals surface area contributed by atoms with Crippen LogP contribution in [0.25, 0.3) is 0 Å². The Morgan fingerprint density at radius 2 is 0.932 bits per heavy atom. The SMILES string of the molecule is CC(C)(CCCCC(C)(C)OOC(=O)C(=O)OC1CC2CCC1(C)C2(C)C)OOC(=O)C(=O)OC1CC2CCC1(C)C2(C)C. The fourth-order valence-electron chi connectivity index (χ4n) is 8.53. The van der Waals surface area contributed by atoms with E-state index in [2.05, 4.69) is 41.5 Å². The molecule has 0 radical (unpaired) electrons. The number of esters is 2. The van der Waals surface area contributed by atoms with Crippen LogP contribution in [-0.2, 0) is 48.2 Å². The monoisotopic (exact) mass is 622 g/mol. The van der Waals surface area contributed by atoms with Gasteiger partial charge in [-0.1, -0.05) is 54.4 Å². The quantitative estimate of drug-likeness (QED) is 0.0822. The van der Waals surface area contributed by atoms with E-state index in [9.17, 15) is 19.2 Å². The molecule has 4 rings (SSSR count). The minimum absolute atomic E-state index is 0.0540. The number of hydrogen-bond donors (Lipinski definition) is 0. The lowest BCUT2D eigenvalue weighted by atomic mass is 9.70. The van der Waals surface area contributed by atoms with Crippen molar-refractivity contribution in [3.05, 3.63) is 0 Å². The Kier molecular flexibility index (Phi) is 9.35. The van der Waals surface area contributed by atoms with E-state index in [0.717, 1.165) is 38.5 Å². The van der Waals surface area contributed by atoms with E-state index in [0.29, 0.717) is 37.5 Å². The normalized spacial score (nSPS) is 33.2. The number of carbonyl (C=O) groups excluding carboxylic acids is 4. The third-order valence-electron chi connectivity index (χ3n) is 12.8. The first kappa shape index (κ1) is 34.7. The fraction of sp³-hybridized carbons (Fsp3) is 0.882. The van der Waals surface area contributed by atoms with Gasteiger partial charge < -0.3 is 9.47 Å². The third-order valence-corrected chi connectivity index (χ3v) is 12.8. The summed E-state index contributed by atoms with van der Waals surface area (Å²) in [6.45, 7) is 20.1. The van der Waals surface area contributed by atoms with Gasteiger partial charge >= 0.3 is 23.9 Å². The number of unbranched alkanes of at least 4 members (excludes halogenated alkanes) is 1. The molecule has 0 amide bonds. The van der Waals surface area contributed by atoms with E-state index in [4.69, 9.17) is 29.0 Å². The van der Waals surface area contributed by atoms with E-state index < -0.39 is 35.1 Å². The molecule has 6 unspecified atom stereocenters. The van der Waals surface area contributed by atoms with Crippen LogP contribution in [0.15, 0.2) is 0 Å². The predicted octanol–water partition coefficient (Wildman–Crippen LogP) is 6.57. The third kappa shape index (κ3) is 6.39. The summed E-state index contributed by atoms with van der Waals surface area (Å²) in [4.78, 5) is 70.0. The summed E-state index contributed by atoms with van der Waals surface area (Å²) in [7, 11) is 0. The maximum atomic E-state index is 12.5. The topological polar surface area (TPSA) is 124 Å². The molecule has 10 heteroatoms. The van der Waals surface area contributed by atoms with Crippen LogP contribution in [0.1, 0.15) is 133 Å². The lowest BCUT2D eigenvalue weighted by molar-refractivity contribution is -0.327. The van der Waals surface area contributed by atoms with Gasteiger partial charge in [-0.2, -0.15) is 9.78 Å². The Bertz CT molecular complexity index is 1050. The van der Waals surface area contributed by atoms with Crippen molar-refractivity contribution >= 4 is 23.9 Å². The molecule has 0 N–H and O–H groups in total. The summed E-state index contributed by atoms with van der Waals surface area (Å²) in [5.41, 5.74) is -1.89. The Hall–Kier alpha value is -2.20. The molecule has 0 spiro atoms. The molecule has 250 valence electrons. The van der Waals surface area contributed by atoms with Crippen LogP contribution in [-0.4, -0.2) is 47.3 Å². The lowest BCUT2D eigenvalue weighted by Crippen LogP contribution is -2.40. The van der Waals surface area contributed by atoms with Crippen molar-refractivity contribution in [2.75, 3.05) is 0 Å². The van der Waals surface area contributed by atoms with E-state index in [1.54, 1.807) is 27.7 Å². The van der Waals surface area contributed by atoms with Crippen LogP contribution in [0, 0.1) is 33.5 Å². The summed E-state index contributed by atoms with van der Waals surface area (Å²) in [6, 6.07) is 0. The highest BCUT2D eigenvalue weighted by Crippen LogP contribution is 2.67. The van der Waals surface area contributed by atoms with Crippen molar-refractivity contribution in [2.45, 2.75) is 157 Å². The maximum absolute atomic E-state index is 12.5. The van der Waals surface area contributed by atoms with Crippen molar-refractivity contribution in [3.63, 3.8) is 0 Å². The average Bonchev–Trinajstić information content (AvgIpc) is 3.45. The largest absolute Gasteiger partial charge is 0.453 e. The first-order valence-electron chi connectivity index (χ1n) is 16.4. The Labute approximate surface area is 262 Å². The first-order chi connectivity index (χ1) is 20.2. The molecule has 0 aromatic carbocycles. The molecule has 0 aliphatic heterocycles. The molecular weight excluding hydrogens is 568 g/mol. The summed E-state index contributed by atoms with van der Waals surface area (Å²) < 4.78 is 11.2. The molecule has 4 saturated carbocycles. The van der Waals surface area contributed by atoms with Crippen molar-refractivity contribution < 1.29 is 48.2 Å². The highest BCUT2D eigenvalue weighted by molar-refractivity contribution is 6.29. The second-order valence-corrected chi connectivity index (χ2v) is 16.6. The minimum Gasteiger partial charge on any atom is -0.453 e. The Balaban J connectivity index is 1.11. The number of rotatable bonds is 11. The van der Waals surface area contributed by atoms with Crippen LogP contribution in [0.5, 0.6) is 0 Å². The van der Waals surface area contributed by atoms with Gasteiger partial charge in [-0.3, -0.25) is 9.78 Å². The Morgan fingerprint density at radius 3 is 1.20 bits per heavy atom. The molecular formula is C34H54O10. The van der Waals surface area contributed by atoms with E-state index >= 15 is 0 Å². The number of ether oxygens (including phenoxy) is 2. The van der Waals surface area contributed by atoms with E-state index in [1.165, 1.54) is 0 Å². The Morgan fingerprint density at radius 1 is 0.591 bits per heavy atom. The summed E-state index contributed by atoms with van der Waals surface area (Å²) >= 11 is 0. The van der Waals surface area contributed by atoms with Crippen LogP contribution in [0.2, 0.25) is 0 Å². The first-order valence-corrected chi connectivity index (χ1v) is 16.4. The minimum atomic E-state index is -1.16. The van der Waals surface area contributed by atoms with E-state index in [-0.39, 0.29) is 33.9 Å². The number of fused-ring (bicyclic) bond motifs is 4. The molecule has 0 aromatic rings. The number of hydrogen-bond acceptors (Lipinski definition) is 10. The van der Waals surface area contributed by atoms with Crippen molar-refractivity contribution in [3.8, 4) is 0 Å². The van der Waals surface area contributed by atoms with Crippen LogP contribution in [0.3, 0.4) is 0 Å². The van der Waals surface area contributed by atoms with E-state index in [1.807, 2.05) is 0 Å². The number of carbonyl (C=O) groups is 4. The van der Waals surface area contributed by atoms with Crippen LogP contribution < -0.4 is 0 Å². The van der Waals surface area contributed by atoms with Crippen molar-refractivity contribution in [2.24, 2.45) is 33.5 Å². The summed E-state index contributed by atoms with van der Waals surface area (Å²) in [5.74, 6) is -3.42. The summed E-state index contributed by atoms with van der Waals surface area (Å²) in [6.07, 6.45) is 7.45.